The number of rotatable bonds is 3. The molecule has 0 atom stereocenters. The Morgan fingerprint density at radius 3 is 2.31 bits per heavy atom. The molecule has 3 heteroatoms. The molecule has 7 rings (SSSR count). The first-order valence-corrected chi connectivity index (χ1v) is 14.6. The van der Waals surface area contributed by atoms with E-state index in [0.717, 1.165) is 51.6 Å². The first kappa shape index (κ1) is 24.2. The molecule has 0 spiro atoms. The summed E-state index contributed by atoms with van der Waals surface area (Å²) in [5.41, 5.74) is 13.8. The summed E-state index contributed by atoms with van der Waals surface area (Å²) >= 11 is 0. The van der Waals surface area contributed by atoms with Gasteiger partial charge in [-0.25, -0.2) is 4.57 Å². The molecule has 5 aromatic rings. The maximum absolute atomic E-state index is 10.3. The lowest BCUT2D eigenvalue weighted by Crippen LogP contribution is -2.31. The second-order valence-corrected chi connectivity index (χ2v) is 11.8. The van der Waals surface area contributed by atoms with Gasteiger partial charge in [0.05, 0.1) is 17.2 Å². The van der Waals surface area contributed by atoms with Crippen molar-refractivity contribution in [2.24, 2.45) is 7.05 Å². The lowest BCUT2D eigenvalue weighted by atomic mass is 9.80. The van der Waals surface area contributed by atoms with Crippen molar-refractivity contribution in [2.45, 2.75) is 71.1 Å². The number of hydrogen-bond acceptors (Lipinski definition) is 2. The van der Waals surface area contributed by atoms with E-state index in [9.17, 15) is 5.26 Å². The number of fused-ring (bicyclic) bond motifs is 4. The fourth-order valence-electron chi connectivity index (χ4n) is 7.45. The van der Waals surface area contributed by atoms with Crippen LogP contribution in [0.15, 0.2) is 59.1 Å². The van der Waals surface area contributed by atoms with Crippen LogP contribution in [0.2, 0.25) is 0 Å². The molecule has 3 nitrogen and oxygen atoms in total. The summed E-state index contributed by atoms with van der Waals surface area (Å²) in [7, 11) is 2.10. The largest absolute Gasteiger partial charge is 0.454 e. The first-order chi connectivity index (χ1) is 19.0. The monoisotopic (exact) mass is 511 g/mol. The highest BCUT2D eigenvalue weighted by Gasteiger charge is 2.28. The van der Waals surface area contributed by atoms with E-state index < -0.39 is 0 Å². The minimum absolute atomic E-state index is 0.692. The van der Waals surface area contributed by atoms with Crippen molar-refractivity contribution in [3.05, 3.63) is 88.1 Å². The van der Waals surface area contributed by atoms with E-state index in [1.54, 1.807) is 11.1 Å². The van der Waals surface area contributed by atoms with Gasteiger partial charge in [-0.2, -0.15) is 5.26 Å². The molecule has 2 aliphatic rings. The Bertz CT molecular complexity index is 1810. The highest BCUT2D eigenvalue weighted by molar-refractivity contribution is 6.14. The summed E-state index contributed by atoms with van der Waals surface area (Å²) < 4.78 is 9.06. The Morgan fingerprint density at radius 1 is 0.795 bits per heavy atom. The van der Waals surface area contributed by atoms with Crippen molar-refractivity contribution in [1.82, 2.24) is 0 Å². The van der Waals surface area contributed by atoms with Gasteiger partial charge in [0, 0.05) is 28.0 Å². The number of nitrogens with zero attached hydrogens (tertiary/aromatic N) is 2. The second kappa shape index (κ2) is 9.38. The Morgan fingerprint density at radius 2 is 1.54 bits per heavy atom. The summed E-state index contributed by atoms with van der Waals surface area (Å²) in [6.07, 6.45) is 12.3. The van der Waals surface area contributed by atoms with Crippen LogP contribution in [0.4, 0.5) is 0 Å². The van der Waals surface area contributed by atoms with Crippen LogP contribution < -0.4 is 4.57 Å². The lowest BCUT2D eigenvalue weighted by molar-refractivity contribution is -0.660. The molecule has 0 N–H and O–H groups in total. The van der Waals surface area contributed by atoms with Gasteiger partial charge in [-0.3, -0.25) is 0 Å². The molecule has 0 bridgehead atoms. The quantitative estimate of drug-likeness (QED) is 0.227. The van der Waals surface area contributed by atoms with Gasteiger partial charge in [0.15, 0.2) is 6.20 Å². The van der Waals surface area contributed by atoms with E-state index in [2.05, 4.69) is 80.2 Å². The molecule has 39 heavy (non-hydrogen) atoms. The maximum Gasteiger partial charge on any atom is 0.216 e. The zero-order chi connectivity index (χ0) is 26.7. The van der Waals surface area contributed by atoms with Gasteiger partial charge in [0.2, 0.25) is 5.69 Å². The number of pyridine rings is 1. The normalized spacial score (nSPS) is 15.6. The van der Waals surface area contributed by atoms with Crippen LogP contribution in [0.25, 0.3) is 44.3 Å². The van der Waals surface area contributed by atoms with Crippen molar-refractivity contribution >= 4 is 21.9 Å². The van der Waals surface area contributed by atoms with Crippen molar-refractivity contribution in [2.75, 3.05) is 0 Å². The van der Waals surface area contributed by atoms with Crippen LogP contribution in [-0.2, 0) is 19.9 Å². The minimum atomic E-state index is 0.692. The Hall–Kier alpha value is -3.90. The Balaban J connectivity index is 1.49. The van der Waals surface area contributed by atoms with Gasteiger partial charge in [0.25, 0.3) is 0 Å². The zero-order valence-electron chi connectivity index (χ0n) is 23.2. The van der Waals surface area contributed by atoms with Gasteiger partial charge in [0.1, 0.15) is 18.2 Å². The molecule has 0 unspecified atom stereocenters. The number of aryl methyl sites for hydroxylation is 3. The molecule has 3 aromatic carbocycles. The first-order valence-electron chi connectivity index (χ1n) is 14.6. The smallest absolute Gasteiger partial charge is 0.216 e. The number of aromatic nitrogens is 1. The van der Waals surface area contributed by atoms with E-state index in [1.165, 1.54) is 60.8 Å². The fourth-order valence-corrected chi connectivity index (χ4v) is 7.45. The molecule has 0 amide bonds. The highest BCUT2D eigenvalue weighted by Crippen LogP contribution is 2.46. The molecular weight excluding hydrogens is 476 g/mol. The summed E-state index contributed by atoms with van der Waals surface area (Å²) in [5, 5.41) is 12.5. The van der Waals surface area contributed by atoms with Crippen molar-refractivity contribution < 1.29 is 8.98 Å². The molecule has 0 radical (unpaired) electrons. The molecule has 0 aliphatic heterocycles. The highest BCUT2D eigenvalue weighted by atomic mass is 16.3. The SMILES string of the molecule is Cc1ccc(-c2c(C)ccc3c2oc2c(-c4ccc(C5CCCCC5)c5c4CCC5)c(C#N)ccc23)[n+](C)c1. The molecule has 1 saturated carbocycles. The minimum Gasteiger partial charge on any atom is -0.454 e. The summed E-state index contributed by atoms with van der Waals surface area (Å²) in [6, 6.07) is 20.0. The van der Waals surface area contributed by atoms with E-state index in [0.29, 0.717) is 11.5 Å². The van der Waals surface area contributed by atoms with E-state index in [-0.39, 0.29) is 0 Å². The summed E-state index contributed by atoms with van der Waals surface area (Å²) in [5.74, 6) is 0.692. The van der Waals surface area contributed by atoms with Gasteiger partial charge in [-0.05, 0) is 97.9 Å². The maximum atomic E-state index is 10.3. The predicted octanol–water partition coefficient (Wildman–Crippen LogP) is 8.77. The number of benzene rings is 3. The van der Waals surface area contributed by atoms with Crippen LogP contribution in [0.1, 0.15) is 77.8 Å². The molecular formula is C36H35N2O+. The third-order valence-electron chi connectivity index (χ3n) is 9.31. The average Bonchev–Trinajstić information content (AvgIpc) is 3.58. The van der Waals surface area contributed by atoms with E-state index in [4.69, 9.17) is 4.42 Å². The van der Waals surface area contributed by atoms with Crippen LogP contribution >= 0.6 is 0 Å². The van der Waals surface area contributed by atoms with Crippen LogP contribution in [0, 0.1) is 25.2 Å². The standard InChI is InChI=1S/C36H35N2O/c1-22-12-19-32(38(3)21-22)33-23(2)13-15-30-31-16-14-25(20-37)34(36(31)39-35(30)33)29-18-17-26(24-8-5-4-6-9-24)27-10-7-11-28(27)29/h12-19,21,24H,4-11H2,1-3H3/q+1. The number of furan rings is 1. The number of nitriles is 1. The zero-order valence-corrected chi connectivity index (χ0v) is 23.2. The average molecular weight is 512 g/mol. The van der Waals surface area contributed by atoms with Gasteiger partial charge >= 0.3 is 0 Å². The lowest BCUT2D eigenvalue weighted by Gasteiger charge is -2.25. The summed E-state index contributed by atoms with van der Waals surface area (Å²) in [6.45, 7) is 4.27. The third kappa shape index (κ3) is 3.80. The van der Waals surface area contributed by atoms with Crippen LogP contribution in [0.5, 0.6) is 0 Å². The van der Waals surface area contributed by atoms with E-state index in [1.807, 2.05) is 6.07 Å². The Kier molecular flexibility index (Phi) is 5.81. The number of hydrogen-bond donors (Lipinski definition) is 0. The van der Waals surface area contributed by atoms with Crippen molar-refractivity contribution in [3.63, 3.8) is 0 Å². The topological polar surface area (TPSA) is 40.8 Å². The summed E-state index contributed by atoms with van der Waals surface area (Å²) in [4.78, 5) is 0. The molecule has 0 saturated heterocycles. The van der Waals surface area contributed by atoms with Gasteiger partial charge in [-0.15, -0.1) is 0 Å². The van der Waals surface area contributed by atoms with Crippen LogP contribution in [0.3, 0.4) is 0 Å². The third-order valence-corrected chi connectivity index (χ3v) is 9.31. The van der Waals surface area contributed by atoms with Crippen molar-refractivity contribution in [1.29, 1.82) is 5.26 Å². The molecule has 2 aromatic heterocycles. The molecule has 1 fully saturated rings. The molecule has 2 heterocycles. The molecule has 194 valence electrons. The fraction of sp³-hybridized carbons (Fsp3) is 0.333. The Labute approximate surface area is 230 Å². The van der Waals surface area contributed by atoms with E-state index >= 15 is 0 Å². The second-order valence-electron chi connectivity index (χ2n) is 11.8. The van der Waals surface area contributed by atoms with Crippen LogP contribution in [-0.4, -0.2) is 0 Å². The van der Waals surface area contributed by atoms with Gasteiger partial charge in [-0.1, -0.05) is 43.5 Å². The predicted molar refractivity (Wildman–Crippen MR) is 158 cm³/mol. The van der Waals surface area contributed by atoms with Gasteiger partial charge < -0.3 is 4.42 Å². The van der Waals surface area contributed by atoms with Crippen molar-refractivity contribution in [3.8, 4) is 28.5 Å². The molecule has 2 aliphatic carbocycles.